The van der Waals surface area contributed by atoms with E-state index in [0.29, 0.717) is 18.6 Å². The van der Waals surface area contributed by atoms with Gasteiger partial charge in [0.1, 0.15) is 6.61 Å². The number of hydrogen-bond donors (Lipinski definition) is 1. The van der Waals surface area contributed by atoms with Crippen LogP contribution in [0.25, 0.3) is 0 Å². The predicted octanol–water partition coefficient (Wildman–Crippen LogP) is 4.16. The molecular formula is C23H37N3O2S. The molecule has 6 fully saturated rings. The summed E-state index contributed by atoms with van der Waals surface area (Å²) in [6, 6.07) is 0.545. The molecule has 6 heteroatoms. The smallest absolute Gasteiger partial charge is 0.410 e. The van der Waals surface area contributed by atoms with E-state index >= 15 is 0 Å². The summed E-state index contributed by atoms with van der Waals surface area (Å²) in [5, 5.41) is 4.84. The van der Waals surface area contributed by atoms with E-state index in [2.05, 4.69) is 24.1 Å². The number of cyclic esters (lactones) is 1. The van der Waals surface area contributed by atoms with Gasteiger partial charge in [0.05, 0.1) is 6.04 Å². The van der Waals surface area contributed by atoms with Gasteiger partial charge in [-0.2, -0.15) is 0 Å². The molecule has 6 aliphatic rings. The average Bonchev–Trinajstić information content (AvgIpc) is 3.00. The Bertz CT molecular complexity index is 623. The minimum atomic E-state index is -0.108. The van der Waals surface area contributed by atoms with Crippen LogP contribution in [-0.4, -0.2) is 58.3 Å². The summed E-state index contributed by atoms with van der Waals surface area (Å²) in [5.41, 5.74) is 0.282. The lowest BCUT2D eigenvalue weighted by Crippen LogP contribution is -2.62. The number of carbonyl (C=O) groups is 1. The van der Waals surface area contributed by atoms with E-state index in [1.807, 2.05) is 4.90 Å². The average molecular weight is 420 g/mol. The molecule has 2 saturated heterocycles. The molecule has 6 rings (SSSR count). The predicted molar refractivity (Wildman–Crippen MR) is 118 cm³/mol. The van der Waals surface area contributed by atoms with E-state index in [9.17, 15) is 4.79 Å². The first-order valence-electron chi connectivity index (χ1n) is 11.9. The highest BCUT2D eigenvalue weighted by Gasteiger charge is 2.51. The SMILES string of the molecule is CC(C)CC1COC(=O)N1C1CCN(C(=S)NC23CC4CC(CC(C4)C2)C3)CC1. The molecule has 0 aromatic carbocycles. The fourth-order valence-electron chi connectivity index (χ4n) is 7.56. The maximum absolute atomic E-state index is 12.3. The van der Waals surface area contributed by atoms with Gasteiger partial charge in [-0.3, -0.25) is 4.90 Å². The first-order valence-corrected chi connectivity index (χ1v) is 12.3. The number of ether oxygens (including phenoxy) is 1. The molecule has 29 heavy (non-hydrogen) atoms. The van der Waals surface area contributed by atoms with Crippen molar-refractivity contribution in [3.63, 3.8) is 0 Å². The molecule has 1 amide bonds. The van der Waals surface area contributed by atoms with Crippen molar-refractivity contribution in [2.75, 3.05) is 19.7 Å². The molecule has 4 saturated carbocycles. The van der Waals surface area contributed by atoms with Gasteiger partial charge in [-0.25, -0.2) is 4.79 Å². The third-order valence-electron chi connectivity index (χ3n) is 8.30. The standard InChI is InChI=1S/C23H37N3O2S/c1-15(2)7-20-14-28-22(27)26(20)19-3-5-25(6-4-19)21(29)24-23-11-16-8-17(12-23)10-18(9-16)13-23/h15-20H,3-14H2,1-2H3,(H,24,29). The third-order valence-corrected chi connectivity index (χ3v) is 8.66. The zero-order valence-electron chi connectivity index (χ0n) is 18.1. The number of carbonyl (C=O) groups excluding carboxylic acids is 1. The molecule has 0 spiro atoms. The summed E-state index contributed by atoms with van der Waals surface area (Å²) in [5.74, 6) is 3.37. The Kier molecular flexibility index (Phi) is 5.20. The summed E-state index contributed by atoms with van der Waals surface area (Å²) >= 11 is 5.90. The normalized spacial score (nSPS) is 39.3. The van der Waals surface area contributed by atoms with Crippen molar-refractivity contribution >= 4 is 23.4 Å². The molecule has 4 aliphatic carbocycles. The number of hydrogen-bond acceptors (Lipinski definition) is 3. The number of amides is 1. The Balaban J connectivity index is 1.17. The number of piperidine rings is 1. The van der Waals surface area contributed by atoms with Crippen molar-refractivity contribution in [1.29, 1.82) is 0 Å². The van der Waals surface area contributed by atoms with Crippen LogP contribution in [0.1, 0.15) is 71.6 Å². The molecule has 1 atom stereocenters. The van der Waals surface area contributed by atoms with Crippen molar-refractivity contribution in [3.05, 3.63) is 0 Å². The van der Waals surface area contributed by atoms with Crippen molar-refractivity contribution in [2.45, 2.75) is 89.3 Å². The molecule has 2 aliphatic heterocycles. The van der Waals surface area contributed by atoms with Gasteiger partial charge in [-0.05, 0) is 93.7 Å². The Morgan fingerprint density at radius 3 is 2.28 bits per heavy atom. The molecule has 0 aromatic heterocycles. The lowest BCUT2D eigenvalue weighted by molar-refractivity contribution is -0.0115. The third kappa shape index (κ3) is 3.86. The Morgan fingerprint density at radius 1 is 1.14 bits per heavy atom. The zero-order valence-corrected chi connectivity index (χ0v) is 18.9. The Morgan fingerprint density at radius 2 is 1.72 bits per heavy atom. The quantitative estimate of drug-likeness (QED) is 0.693. The largest absolute Gasteiger partial charge is 0.447 e. The molecule has 0 aromatic rings. The number of nitrogens with zero attached hydrogens (tertiary/aromatic N) is 2. The molecule has 162 valence electrons. The fraction of sp³-hybridized carbons (Fsp3) is 0.913. The van der Waals surface area contributed by atoms with Crippen molar-refractivity contribution < 1.29 is 9.53 Å². The van der Waals surface area contributed by atoms with Crippen molar-refractivity contribution in [1.82, 2.24) is 15.1 Å². The molecule has 5 nitrogen and oxygen atoms in total. The van der Waals surface area contributed by atoms with Crippen LogP contribution < -0.4 is 5.32 Å². The molecule has 4 bridgehead atoms. The molecule has 1 N–H and O–H groups in total. The van der Waals surface area contributed by atoms with Crippen LogP contribution in [0.3, 0.4) is 0 Å². The summed E-state index contributed by atoms with van der Waals surface area (Å²) in [6.45, 7) is 6.89. The van der Waals surface area contributed by atoms with Gasteiger partial charge in [-0.15, -0.1) is 0 Å². The van der Waals surface area contributed by atoms with Gasteiger partial charge in [0.2, 0.25) is 0 Å². The fourth-order valence-corrected chi connectivity index (χ4v) is 7.96. The van der Waals surface area contributed by atoms with Gasteiger partial charge in [-0.1, -0.05) is 13.8 Å². The molecule has 0 radical (unpaired) electrons. The van der Waals surface area contributed by atoms with Crippen LogP contribution >= 0.6 is 12.2 Å². The lowest BCUT2D eigenvalue weighted by Gasteiger charge is -2.57. The van der Waals surface area contributed by atoms with Gasteiger partial charge in [0.25, 0.3) is 0 Å². The monoisotopic (exact) mass is 419 g/mol. The number of likely N-dealkylation sites (tertiary alicyclic amines) is 1. The van der Waals surface area contributed by atoms with Gasteiger partial charge in [0.15, 0.2) is 5.11 Å². The molecule has 1 unspecified atom stereocenters. The zero-order chi connectivity index (χ0) is 20.2. The van der Waals surface area contributed by atoms with Crippen molar-refractivity contribution in [3.8, 4) is 0 Å². The maximum atomic E-state index is 12.3. The lowest BCUT2D eigenvalue weighted by atomic mass is 9.53. The van der Waals surface area contributed by atoms with Crippen LogP contribution in [0, 0.1) is 23.7 Å². The van der Waals surface area contributed by atoms with Crippen LogP contribution in [-0.2, 0) is 4.74 Å². The number of rotatable bonds is 4. The van der Waals surface area contributed by atoms with Crippen LogP contribution in [0.2, 0.25) is 0 Å². The molecule has 2 heterocycles. The summed E-state index contributed by atoms with van der Waals surface area (Å²) < 4.78 is 5.40. The highest BCUT2D eigenvalue weighted by molar-refractivity contribution is 7.80. The highest BCUT2D eigenvalue weighted by Crippen LogP contribution is 2.55. The number of nitrogens with one attached hydrogen (secondary N) is 1. The second kappa shape index (κ2) is 7.58. The summed E-state index contributed by atoms with van der Waals surface area (Å²) in [6.07, 6.45) is 11.3. The van der Waals surface area contributed by atoms with Gasteiger partial charge >= 0.3 is 6.09 Å². The van der Waals surface area contributed by atoms with E-state index in [1.165, 1.54) is 38.5 Å². The summed E-state index contributed by atoms with van der Waals surface area (Å²) in [7, 11) is 0. The van der Waals surface area contributed by atoms with Crippen LogP contribution in [0.5, 0.6) is 0 Å². The van der Waals surface area contributed by atoms with Crippen molar-refractivity contribution in [2.24, 2.45) is 23.7 Å². The Labute approximate surface area is 180 Å². The first kappa shape index (κ1) is 19.9. The summed E-state index contributed by atoms with van der Waals surface area (Å²) in [4.78, 5) is 16.8. The van der Waals surface area contributed by atoms with Crippen LogP contribution in [0.4, 0.5) is 4.79 Å². The van der Waals surface area contributed by atoms with Crippen LogP contribution in [0.15, 0.2) is 0 Å². The van der Waals surface area contributed by atoms with E-state index < -0.39 is 0 Å². The second-order valence-electron chi connectivity index (χ2n) is 11.1. The van der Waals surface area contributed by atoms with Gasteiger partial charge in [0, 0.05) is 24.7 Å². The minimum Gasteiger partial charge on any atom is -0.447 e. The Hall–Kier alpha value is -1.04. The maximum Gasteiger partial charge on any atom is 0.410 e. The second-order valence-corrected chi connectivity index (χ2v) is 11.5. The highest BCUT2D eigenvalue weighted by atomic mass is 32.1. The van der Waals surface area contributed by atoms with E-state index in [-0.39, 0.29) is 17.7 Å². The van der Waals surface area contributed by atoms with E-state index in [1.54, 1.807) is 0 Å². The first-order chi connectivity index (χ1) is 13.9. The number of thiocarbonyl (C=S) groups is 1. The van der Waals surface area contributed by atoms with Gasteiger partial charge < -0.3 is 15.0 Å². The molecular weight excluding hydrogens is 382 g/mol. The minimum absolute atomic E-state index is 0.108. The van der Waals surface area contributed by atoms with E-state index in [0.717, 1.165) is 55.2 Å². The topological polar surface area (TPSA) is 44.8 Å². The van der Waals surface area contributed by atoms with E-state index in [4.69, 9.17) is 17.0 Å².